The summed E-state index contributed by atoms with van der Waals surface area (Å²) in [6.07, 6.45) is 12.1. The molecule has 4 fully saturated rings. The van der Waals surface area contributed by atoms with Crippen LogP contribution in [0.1, 0.15) is 50.5 Å². The fourth-order valence-electron chi connectivity index (χ4n) is 8.19. The first-order valence-corrected chi connectivity index (χ1v) is 16.0. The van der Waals surface area contributed by atoms with Crippen LogP contribution in [0, 0.1) is 24.0 Å². The van der Waals surface area contributed by atoms with Crippen molar-refractivity contribution >= 4 is 27.5 Å². The summed E-state index contributed by atoms with van der Waals surface area (Å²) in [7, 11) is 0. The van der Waals surface area contributed by atoms with E-state index in [0.717, 1.165) is 51.7 Å². The third-order valence-electron chi connectivity index (χ3n) is 10.5. The molecule has 2 aromatic carbocycles. The summed E-state index contributed by atoms with van der Waals surface area (Å²) in [5.41, 5.74) is -0.642. The minimum atomic E-state index is -0.920. The average molecular weight is 630 g/mol. The molecular weight excluding hydrogens is 595 g/mol. The maximum Gasteiger partial charge on any atom is 0.319 e. The Kier molecular flexibility index (Phi) is 6.99. The van der Waals surface area contributed by atoms with Crippen LogP contribution >= 0.6 is 0 Å². The number of aromatic hydroxyl groups is 1. The number of nitrogens with zero attached hydrogens (tertiary/aromatic N) is 5. The maximum atomic E-state index is 16.8. The fourth-order valence-corrected chi connectivity index (χ4v) is 8.19. The molecule has 4 aliphatic rings. The van der Waals surface area contributed by atoms with Gasteiger partial charge in [-0.3, -0.25) is 9.88 Å². The maximum absolute atomic E-state index is 16.8. The molecule has 0 radical (unpaired) electrons. The summed E-state index contributed by atoms with van der Waals surface area (Å²) in [6, 6.07) is 5.46. The molecule has 4 aliphatic heterocycles. The summed E-state index contributed by atoms with van der Waals surface area (Å²) in [4.78, 5) is 18.1. The van der Waals surface area contributed by atoms with Crippen molar-refractivity contribution in [3.63, 3.8) is 0 Å². The van der Waals surface area contributed by atoms with Gasteiger partial charge < -0.3 is 19.5 Å². The predicted molar refractivity (Wildman–Crippen MR) is 168 cm³/mol. The number of pyridine rings is 1. The van der Waals surface area contributed by atoms with E-state index in [-0.39, 0.29) is 51.7 Å². The van der Waals surface area contributed by atoms with Crippen LogP contribution in [0.2, 0.25) is 0 Å². The monoisotopic (exact) mass is 629 g/mol. The summed E-state index contributed by atoms with van der Waals surface area (Å²) in [6.45, 7) is 3.45. The average Bonchev–Trinajstić information content (AvgIpc) is 3.75. The van der Waals surface area contributed by atoms with Gasteiger partial charge in [-0.15, -0.1) is 6.42 Å². The molecule has 0 bridgehead atoms. The number of piperidine rings is 1. The lowest BCUT2D eigenvalue weighted by molar-refractivity contribution is -0.0146. The van der Waals surface area contributed by atoms with Gasteiger partial charge in [0.1, 0.15) is 41.4 Å². The highest BCUT2D eigenvalue weighted by Crippen LogP contribution is 2.43. The first-order valence-electron chi connectivity index (χ1n) is 16.0. The van der Waals surface area contributed by atoms with E-state index < -0.39 is 23.3 Å². The normalized spacial score (nSPS) is 24.2. The Morgan fingerprint density at radius 3 is 2.72 bits per heavy atom. The van der Waals surface area contributed by atoms with Crippen molar-refractivity contribution < 1.29 is 27.8 Å². The number of halogens is 3. The molecule has 2 atom stereocenters. The standard InChI is InChI=1S/C35H34F3N5O3/c1-2-24-27(37)6-5-21-15-23(44)16-25(28(21)24)30-29(38)31-26(18-39-30)32(42-12-9-35(10-13-42)8-4-14-46-35)41-33(40-31)45-20-34-7-3-11-43(34)19-22(36)17-34/h1,5-6,15-16,18,22,44H,3-4,7-14,17,19-20H2/t22-,34+/m1/s1. The molecule has 46 heavy (non-hydrogen) atoms. The third kappa shape index (κ3) is 4.73. The molecule has 4 aromatic rings. The molecular formula is C35H34F3N5O3. The first kappa shape index (κ1) is 29.3. The van der Waals surface area contributed by atoms with Crippen molar-refractivity contribution in [2.45, 2.75) is 62.3 Å². The molecule has 8 nitrogen and oxygen atoms in total. The van der Waals surface area contributed by atoms with Crippen LogP contribution in [0.4, 0.5) is 19.0 Å². The zero-order chi connectivity index (χ0) is 31.6. The largest absolute Gasteiger partial charge is 0.508 e. The zero-order valence-corrected chi connectivity index (χ0v) is 25.4. The number of alkyl halides is 1. The number of ether oxygens (including phenoxy) is 2. The number of terminal acetylenes is 1. The molecule has 8 rings (SSSR count). The molecule has 0 saturated carbocycles. The predicted octanol–water partition coefficient (Wildman–Crippen LogP) is 5.91. The van der Waals surface area contributed by atoms with Crippen molar-refractivity contribution in [2.75, 3.05) is 44.3 Å². The van der Waals surface area contributed by atoms with E-state index in [1.807, 2.05) is 0 Å². The van der Waals surface area contributed by atoms with Crippen LogP contribution in [-0.4, -0.2) is 81.7 Å². The van der Waals surface area contributed by atoms with Gasteiger partial charge in [0.05, 0.1) is 22.1 Å². The number of anilines is 1. The number of fused-ring (bicyclic) bond motifs is 3. The van der Waals surface area contributed by atoms with Crippen LogP contribution < -0.4 is 9.64 Å². The van der Waals surface area contributed by atoms with Gasteiger partial charge in [0.2, 0.25) is 0 Å². The van der Waals surface area contributed by atoms with Crippen molar-refractivity contribution in [3.8, 4) is 35.4 Å². The van der Waals surface area contributed by atoms with E-state index >= 15 is 4.39 Å². The minimum Gasteiger partial charge on any atom is -0.508 e. The molecule has 0 unspecified atom stereocenters. The summed E-state index contributed by atoms with van der Waals surface area (Å²) in [5, 5.41) is 11.6. The number of hydrogen-bond acceptors (Lipinski definition) is 8. The smallest absolute Gasteiger partial charge is 0.319 e. The molecule has 11 heteroatoms. The van der Waals surface area contributed by atoms with Crippen molar-refractivity contribution in [1.29, 1.82) is 0 Å². The molecule has 4 saturated heterocycles. The SMILES string of the molecule is C#Cc1c(F)ccc2cc(O)cc(-c3ncc4c(N5CCC6(CCCO6)CC5)nc(OC[C@@]56CCCN5C[C@H](F)C6)nc4c3F)c12. The van der Waals surface area contributed by atoms with Gasteiger partial charge in [0, 0.05) is 49.8 Å². The van der Waals surface area contributed by atoms with E-state index in [9.17, 15) is 13.9 Å². The second-order valence-electron chi connectivity index (χ2n) is 13.2. The number of phenols is 1. The van der Waals surface area contributed by atoms with Crippen LogP contribution in [0.25, 0.3) is 32.9 Å². The van der Waals surface area contributed by atoms with Crippen molar-refractivity contribution in [3.05, 3.63) is 47.7 Å². The van der Waals surface area contributed by atoms with Gasteiger partial charge in [0.25, 0.3) is 0 Å². The second kappa shape index (κ2) is 11.0. The molecule has 1 spiro atoms. The Morgan fingerprint density at radius 2 is 1.93 bits per heavy atom. The van der Waals surface area contributed by atoms with Gasteiger partial charge >= 0.3 is 6.01 Å². The Bertz CT molecular complexity index is 1900. The van der Waals surface area contributed by atoms with Crippen LogP contribution in [0.5, 0.6) is 11.8 Å². The molecule has 1 N–H and O–H groups in total. The lowest BCUT2D eigenvalue weighted by Crippen LogP contribution is -2.44. The van der Waals surface area contributed by atoms with Crippen LogP contribution in [0.3, 0.4) is 0 Å². The van der Waals surface area contributed by atoms with E-state index in [0.29, 0.717) is 42.6 Å². The number of rotatable bonds is 5. The van der Waals surface area contributed by atoms with Crippen molar-refractivity contribution in [1.82, 2.24) is 19.9 Å². The first-order chi connectivity index (χ1) is 22.3. The highest BCUT2D eigenvalue weighted by atomic mass is 19.1. The number of hydrogen-bond donors (Lipinski definition) is 1. The minimum absolute atomic E-state index is 0.00406. The highest BCUT2D eigenvalue weighted by molar-refractivity contribution is 6.03. The topological polar surface area (TPSA) is 83.8 Å². The quantitative estimate of drug-likeness (QED) is 0.273. The summed E-state index contributed by atoms with van der Waals surface area (Å²) >= 11 is 0. The number of benzene rings is 2. The summed E-state index contributed by atoms with van der Waals surface area (Å²) < 4.78 is 58.5. The Morgan fingerprint density at radius 1 is 1.09 bits per heavy atom. The Hall–Kier alpha value is -4.14. The molecule has 0 amide bonds. The molecule has 238 valence electrons. The van der Waals surface area contributed by atoms with Gasteiger partial charge in [-0.2, -0.15) is 9.97 Å². The van der Waals surface area contributed by atoms with Crippen molar-refractivity contribution in [2.24, 2.45) is 0 Å². The van der Waals surface area contributed by atoms with E-state index in [2.05, 4.69) is 25.7 Å². The van der Waals surface area contributed by atoms with E-state index in [1.54, 1.807) is 0 Å². The Labute approximate surface area is 264 Å². The molecule has 2 aromatic heterocycles. The van der Waals surface area contributed by atoms with Gasteiger partial charge in [0.15, 0.2) is 5.82 Å². The van der Waals surface area contributed by atoms with Crippen LogP contribution in [-0.2, 0) is 4.74 Å². The Balaban J connectivity index is 1.25. The molecule has 6 heterocycles. The highest BCUT2D eigenvalue weighted by Gasteiger charge is 2.49. The van der Waals surface area contributed by atoms with Gasteiger partial charge in [-0.25, -0.2) is 13.2 Å². The van der Waals surface area contributed by atoms with E-state index in [1.165, 1.54) is 30.5 Å². The lowest BCUT2D eigenvalue weighted by atomic mass is 9.88. The fraction of sp³-hybridized carbons (Fsp3) is 0.457. The molecule has 0 aliphatic carbocycles. The second-order valence-corrected chi connectivity index (χ2v) is 13.2. The van der Waals surface area contributed by atoms with E-state index in [4.69, 9.17) is 20.9 Å². The number of aromatic nitrogens is 3. The number of phenolic OH excluding ortho intramolecular Hbond substituents is 1. The van der Waals surface area contributed by atoms with Crippen LogP contribution in [0.15, 0.2) is 30.5 Å². The third-order valence-corrected chi connectivity index (χ3v) is 10.5. The zero-order valence-electron chi connectivity index (χ0n) is 25.4. The van der Waals surface area contributed by atoms with Gasteiger partial charge in [-0.1, -0.05) is 12.0 Å². The lowest BCUT2D eigenvalue weighted by Gasteiger charge is -2.39. The summed E-state index contributed by atoms with van der Waals surface area (Å²) in [5.74, 6) is 1.31. The van der Waals surface area contributed by atoms with Gasteiger partial charge in [-0.05, 0) is 68.7 Å².